The highest BCUT2D eigenvalue weighted by molar-refractivity contribution is 5.73. The topological polar surface area (TPSA) is 105 Å². The minimum atomic E-state index is -0.720. The molecule has 0 aliphatic carbocycles. The van der Waals surface area contributed by atoms with E-state index in [0.717, 1.165) is 11.3 Å². The molecule has 7 nitrogen and oxygen atoms in total. The monoisotopic (exact) mass is 307 g/mol. The molecule has 2 heterocycles. The molecule has 2 amide bonds. The van der Waals surface area contributed by atoms with Crippen LogP contribution in [-0.2, 0) is 16.0 Å². The van der Waals surface area contributed by atoms with E-state index in [1.54, 1.807) is 4.90 Å². The number of morpholine rings is 1. The summed E-state index contributed by atoms with van der Waals surface area (Å²) in [5, 5.41) is 11.9. The summed E-state index contributed by atoms with van der Waals surface area (Å²) in [5.41, 5.74) is 7.17. The molecule has 1 saturated heterocycles. The van der Waals surface area contributed by atoms with Crippen molar-refractivity contribution < 1.29 is 19.4 Å². The summed E-state index contributed by atoms with van der Waals surface area (Å²) in [6.45, 7) is 3.03. The summed E-state index contributed by atoms with van der Waals surface area (Å²) in [7, 11) is 0. The van der Waals surface area contributed by atoms with Crippen molar-refractivity contribution in [1.82, 2.24) is 4.90 Å². The molecule has 0 bridgehead atoms. The number of benzene rings is 1. The maximum Gasteiger partial charge on any atom is 0.314 e. The van der Waals surface area contributed by atoms with Crippen LogP contribution in [0.4, 0.5) is 10.5 Å². The van der Waals surface area contributed by atoms with Crippen LogP contribution in [0.5, 0.6) is 0 Å². The van der Waals surface area contributed by atoms with E-state index in [1.807, 2.05) is 24.3 Å². The van der Waals surface area contributed by atoms with E-state index in [-0.39, 0.29) is 11.9 Å². The summed E-state index contributed by atoms with van der Waals surface area (Å²) in [5.74, 6) is -1.00. The lowest BCUT2D eigenvalue weighted by atomic mass is 9.94. The van der Waals surface area contributed by atoms with E-state index in [4.69, 9.17) is 15.6 Å². The van der Waals surface area contributed by atoms with Crippen molar-refractivity contribution in [3.8, 4) is 0 Å². The van der Waals surface area contributed by atoms with Crippen molar-refractivity contribution >= 4 is 17.7 Å². The molecule has 0 radical (unpaired) electrons. The predicted molar refractivity (Wildman–Crippen MR) is 81.7 cm³/mol. The van der Waals surface area contributed by atoms with Gasteiger partial charge in [0.25, 0.3) is 0 Å². The number of carboxylic acids is 1. The Morgan fingerprint density at radius 1 is 1.27 bits per heavy atom. The lowest BCUT2D eigenvalue weighted by Gasteiger charge is -2.24. The van der Waals surface area contributed by atoms with E-state index in [2.05, 4.69) is 5.32 Å². The Labute approximate surface area is 129 Å². The molecule has 2 aliphatic heterocycles. The van der Waals surface area contributed by atoms with E-state index in [1.165, 1.54) is 0 Å². The zero-order valence-corrected chi connectivity index (χ0v) is 12.3. The Bertz CT molecular complexity index is 529. The highest BCUT2D eigenvalue weighted by atomic mass is 16.5. The zero-order valence-electron chi connectivity index (χ0n) is 12.3. The Balaban J connectivity index is 0.000000172. The third kappa shape index (κ3) is 4.36. The van der Waals surface area contributed by atoms with Crippen LogP contribution < -0.4 is 11.1 Å². The Morgan fingerprint density at radius 3 is 2.55 bits per heavy atom. The number of nitrogens with zero attached hydrogens (tertiary/aromatic N) is 1. The van der Waals surface area contributed by atoms with Gasteiger partial charge in [-0.3, -0.25) is 4.79 Å². The number of rotatable bonds is 1. The van der Waals surface area contributed by atoms with Crippen LogP contribution in [0.15, 0.2) is 24.3 Å². The molecule has 1 atom stereocenters. The predicted octanol–water partition coefficient (Wildman–Crippen LogP) is 0.753. The normalized spacial score (nSPS) is 20.0. The first-order valence-electron chi connectivity index (χ1n) is 7.24. The molecule has 3 rings (SSSR count). The SMILES string of the molecule is NC(=O)N1CCOCC1.O=C(O)C1CNc2ccccc2C1. The molecule has 4 N–H and O–H groups in total. The molecule has 0 spiro atoms. The molecule has 120 valence electrons. The summed E-state index contributed by atoms with van der Waals surface area (Å²) in [6, 6.07) is 7.49. The van der Waals surface area contributed by atoms with Gasteiger partial charge in [-0.05, 0) is 18.1 Å². The van der Waals surface area contributed by atoms with Gasteiger partial charge in [-0.2, -0.15) is 0 Å². The highest BCUT2D eigenvalue weighted by Gasteiger charge is 2.23. The number of carbonyl (C=O) groups excluding carboxylic acids is 1. The minimum Gasteiger partial charge on any atom is -0.481 e. The second kappa shape index (κ2) is 7.65. The van der Waals surface area contributed by atoms with Crippen molar-refractivity contribution in [3.05, 3.63) is 29.8 Å². The van der Waals surface area contributed by atoms with Gasteiger partial charge in [-0.25, -0.2) is 4.79 Å². The van der Waals surface area contributed by atoms with E-state index in [9.17, 15) is 9.59 Å². The van der Waals surface area contributed by atoms with Crippen LogP contribution in [0, 0.1) is 5.92 Å². The van der Waals surface area contributed by atoms with Gasteiger partial charge in [-0.1, -0.05) is 18.2 Å². The third-order valence-corrected chi connectivity index (χ3v) is 3.69. The molecule has 0 saturated carbocycles. The minimum absolute atomic E-state index is 0.283. The number of amides is 2. The zero-order chi connectivity index (χ0) is 15.9. The first-order chi connectivity index (χ1) is 10.6. The largest absolute Gasteiger partial charge is 0.481 e. The molecular formula is C15H21N3O4. The van der Waals surface area contributed by atoms with Gasteiger partial charge < -0.3 is 25.8 Å². The van der Waals surface area contributed by atoms with Crippen molar-refractivity contribution in [2.45, 2.75) is 6.42 Å². The highest BCUT2D eigenvalue weighted by Crippen LogP contribution is 2.23. The number of urea groups is 1. The molecule has 22 heavy (non-hydrogen) atoms. The Morgan fingerprint density at radius 2 is 1.95 bits per heavy atom. The number of carboxylic acid groups (broad SMARTS) is 1. The molecule has 1 aromatic rings. The van der Waals surface area contributed by atoms with Crippen molar-refractivity contribution in [2.24, 2.45) is 11.7 Å². The van der Waals surface area contributed by atoms with Gasteiger partial charge in [0.1, 0.15) is 0 Å². The average molecular weight is 307 g/mol. The third-order valence-electron chi connectivity index (χ3n) is 3.69. The van der Waals surface area contributed by atoms with Crippen LogP contribution >= 0.6 is 0 Å². The lowest BCUT2D eigenvalue weighted by molar-refractivity contribution is -0.141. The summed E-state index contributed by atoms with van der Waals surface area (Å²) >= 11 is 0. The fraction of sp³-hybridized carbons (Fsp3) is 0.467. The number of ether oxygens (including phenoxy) is 1. The van der Waals surface area contributed by atoms with E-state index >= 15 is 0 Å². The quantitative estimate of drug-likeness (QED) is 0.710. The number of nitrogens with one attached hydrogen (secondary N) is 1. The maximum absolute atomic E-state index is 10.7. The number of nitrogens with two attached hydrogens (primary N) is 1. The number of para-hydroxylation sites is 1. The van der Waals surface area contributed by atoms with E-state index < -0.39 is 5.97 Å². The average Bonchev–Trinajstić information content (AvgIpc) is 2.55. The van der Waals surface area contributed by atoms with Crippen molar-refractivity contribution in [1.29, 1.82) is 0 Å². The maximum atomic E-state index is 10.7. The number of hydrogen-bond donors (Lipinski definition) is 3. The summed E-state index contributed by atoms with van der Waals surface area (Å²) in [4.78, 5) is 22.7. The molecule has 2 aliphatic rings. The summed E-state index contributed by atoms with van der Waals surface area (Å²) in [6.07, 6.45) is 0.637. The van der Waals surface area contributed by atoms with Gasteiger partial charge in [0.05, 0.1) is 19.1 Å². The number of hydrogen-bond acceptors (Lipinski definition) is 4. The van der Waals surface area contributed by atoms with Crippen LogP contribution in [0.2, 0.25) is 0 Å². The standard InChI is InChI=1S/C10H11NO2.C5H10N2O2/c12-10(13)8-5-7-3-1-2-4-9(7)11-6-8;6-5(8)7-1-3-9-4-2-7/h1-4,8,11H,5-6H2,(H,12,13);1-4H2,(H2,6,8). The van der Waals surface area contributed by atoms with Gasteiger partial charge in [0.2, 0.25) is 0 Å². The second-order valence-electron chi connectivity index (χ2n) is 5.21. The number of anilines is 1. The van der Waals surface area contributed by atoms with Crippen LogP contribution in [0.3, 0.4) is 0 Å². The van der Waals surface area contributed by atoms with Gasteiger partial charge >= 0.3 is 12.0 Å². The first kappa shape index (κ1) is 16.1. The van der Waals surface area contributed by atoms with Crippen LogP contribution in [0.1, 0.15) is 5.56 Å². The summed E-state index contributed by atoms with van der Waals surface area (Å²) < 4.78 is 5.00. The first-order valence-corrected chi connectivity index (χ1v) is 7.24. The van der Waals surface area contributed by atoms with Crippen LogP contribution in [0.25, 0.3) is 0 Å². The van der Waals surface area contributed by atoms with Crippen LogP contribution in [-0.4, -0.2) is 54.9 Å². The number of primary amides is 1. The molecule has 1 aromatic carbocycles. The Hall–Kier alpha value is -2.28. The number of aliphatic carboxylic acids is 1. The lowest BCUT2D eigenvalue weighted by Crippen LogP contribution is -2.43. The van der Waals surface area contributed by atoms with E-state index in [0.29, 0.717) is 39.3 Å². The smallest absolute Gasteiger partial charge is 0.314 e. The fourth-order valence-electron chi connectivity index (χ4n) is 2.40. The molecule has 1 unspecified atom stereocenters. The Kier molecular flexibility index (Phi) is 5.60. The fourth-order valence-corrected chi connectivity index (χ4v) is 2.40. The van der Waals surface area contributed by atoms with Crippen molar-refractivity contribution in [2.75, 3.05) is 38.2 Å². The van der Waals surface area contributed by atoms with Gasteiger partial charge in [-0.15, -0.1) is 0 Å². The molecule has 0 aromatic heterocycles. The van der Waals surface area contributed by atoms with Gasteiger partial charge in [0, 0.05) is 25.3 Å². The second-order valence-corrected chi connectivity index (χ2v) is 5.21. The number of fused-ring (bicyclic) bond motifs is 1. The molecule has 7 heteroatoms. The van der Waals surface area contributed by atoms with Gasteiger partial charge in [0.15, 0.2) is 0 Å². The molecular weight excluding hydrogens is 286 g/mol. The number of carbonyl (C=O) groups is 2. The molecule has 1 fully saturated rings. The van der Waals surface area contributed by atoms with Crippen molar-refractivity contribution in [3.63, 3.8) is 0 Å².